The Morgan fingerprint density at radius 3 is 2.71 bits per heavy atom. The van der Waals surface area contributed by atoms with Crippen LogP contribution in [0.5, 0.6) is 0 Å². The Hall–Kier alpha value is -0.890. The van der Waals surface area contributed by atoms with Crippen LogP contribution in [0.15, 0.2) is 18.3 Å². The number of aryl methyl sites for hydroxylation is 1. The molecule has 1 fully saturated rings. The first-order chi connectivity index (χ1) is 8.09. The van der Waals surface area contributed by atoms with Crippen molar-refractivity contribution in [3.05, 3.63) is 29.6 Å². The van der Waals surface area contributed by atoms with E-state index in [0.717, 1.165) is 35.9 Å². The van der Waals surface area contributed by atoms with E-state index in [0.29, 0.717) is 5.92 Å². The fraction of sp³-hybridized carbons (Fsp3) is 0.667. The summed E-state index contributed by atoms with van der Waals surface area (Å²) in [6.45, 7) is 6.61. The van der Waals surface area contributed by atoms with E-state index < -0.39 is 0 Å². The van der Waals surface area contributed by atoms with Crippen molar-refractivity contribution in [2.75, 3.05) is 0 Å². The molecule has 2 nitrogen and oxygen atoms in total. The van der Waals surface area contributed by atoms with E-state index in [-0.39, 0.29) is 6.10 Å². The molecular formula is C15H23NO. The van der Waals surface area contributed by atoms with Crippen LogP contribution in [0.1, 0.15) is 50.5 Å². The molecule has 17 heavy (non-hydrogen) atoms. The normalized spacial score (nSPS) is 31.2. The Bertz CT molecular complexity index is 377. The molecule has 2 rings (SSSR count). The lowest BCUT2D eigenvalue weighted by Crippen LogP contribution is -2.25. The number of nitrogens with zero attached hydrogens (tertiary/aromatic N) is 1. The molecule has 1 N–H and O–H groups in total. The van der Waals surface area contributed by atoms with Crippen LogP contribution in [0, 0.1) is 24.7 Å². The molecule has 0 amide bonds. The van der Waals surface area contributed by atoms with Gasteiger partial charge in [-0.25, -0.2) is 0 Å². The molecule has 94 valence electrons. The summed E-state index contributed by atoms with van der Waals surface area (Å²) >= 11 is 0. The van der Waals surface area contributed by atoms with Gasteiger partial charge in [0.05, 0.1) is 6.10 Å². The topological polar surface area (TPSA) is 33.1 Å². The van der Waals surface area contributed by atoms with Crippen LogP contribution in [-0.4, -0.2) is 10.1 Å². The zero-order chi connectivity index (χ0) is 12.4. The van der Waals surface area contributed by atoms with Gasteiger partial charge < -0.3 is 5.11 Å². The number of aliphatic hydroxyl groups is 1. The van der Waals surface area contributed by atoms with E-state index in [1.165, 1.54) is 6.42 Å². The van der Waals surface area contributed by atoms with Gasteiger partial charge in [-0.15, -0.1) is 0 Å². The summed E-state index contributed by atoms with van der Waals surface area (Å²) in [5, 5.41) is 10.5. The molecular weight excluding hydrogens is 210 g/mol. The lowest BCUT2D eigenvalue weighted by molar-refractivity contribution is 0.0554. The second-order valence-electron chi connectivity index (χ2n) is 5.65. The number of aliphatic hydroxyl groups excluding tert-OH is 1. The Morgan fingerprint density at radius 1 is 1.29 bits per heavy atom. The molecule has 1 aromatic rings. The first-order valence-corrected chi connectivity index (χ1v) is 6.69. The highest BCUT2D eigenvalue weighted by Crippen LogP contribution is 2.40. The van der Waals surface area contributed by atoms with E-state index in [4.69, 9.17) is 0 Å². The summed E-state index contributed by atoms with van der Waals surface area (Å²) in [6.07, 6.45) is 4.97. The van der Waals surface area contributed by atoms with Gasteiger partial charge in [-0.2, -0.15) is 0 Å². The fourth-order valence-corrected chi connectivity index (χ4v) is 2.94. The monoisotopic (exact) mass is 233 g/mol. The summed E-state index contributed by atoms with van der Waals surface area (Å²) < 4.78 is 0. The van der Waals surface area contributed by atoms with Crippen molar-refractivity contribution < 1.29 is 5.11 Å². The van der Waals surface area contributed by atoms with Crippen molar-refractivity contribution in [3.8, 4) is 0 Å². The first kappa shape index (κ1) is 12.6. The van der Waals surface area contributed by atoms with Crippen molar-refractivity contribution in [1.82, 2.24) is 4.98 Å². The Labute approximate surface area is 104 Å². The van der Waals surface area contributed by atoms with Crippen molar-refractivity contribution in [1.29, 1.82) is 0 Å². The Kier molecular flexibility index (Phi) is 3.82. The maximum Gasteiger partial charge on any atom is 0.0835 e. The van der Waals surface area contributed by atoms with Crippen molar-refractivity contribution >= 4 is 0 Å². The highest BCUT2D eigenvalue weighted by molar-refractivity contribution is 5.21. The summed E-state index contributed by atoms with van der Waals surface area (Å²) in [6, 6.07) is 3.93. The van der Waals surface area contributed by atoms with Crippen LogP contribution in [0.2, 0.25) is 0 Å². The molecule has 1 saturated carbocycles. The van der Waals surface area contributed by atoms with Gasteiger partial charge in [-0.05, 0) is 43.6 Å². The second-order valence-corrected chi connectivity index (χ2v) is 5.65. The predicted octanol–water partition coefficient (Wildman–Crippen LogP) is 3.50. The van der Waals surface area contributed by atoms with Gasteiger partial charge in [0.25, 0.3) is 0 Å². The van der Waals surface area contributed by atoms with Gasteiger partial charge in [0, 0.05) is 17.5 Å². The zero-order valence-electron chi connectivity index (χ0n) is 11.1. The Balaban J connectivity index is 2.10. The molecule has 0 spiro atoms. The lowest BCUT2D eigenvalue weighted by atomic mass is 9.73. The summed E-state index contributed by atoms with van der Waals surface area (Å²) in [5.41, 5.74) is 1.98. The SMILES string of the molecule is Cc1ncccc1C(O)C1CCC(C)C(C)C1. The van der Waals surface area contributed by atoms with Gasteiger partial charge in [0.1, 0.15) is 0 Å². The third-order valence-electron chi connectivity index (χ3n) is 4.45. The quantitative estimate of drug-likeness (QED) is 0.848. The average Bonchev–Trinajstić information content (AvgIpc) is 2.32. The average molecular weight is 233 g/mol. The smallest absolute Gasteiger partial charge is 0.0835 e. The third-order valence-corrected chi connectivity index (χ3v) is 4.45. The maximum absolute atomic E-state index is 10.5. The van der Waals surface area contributed by atoms with Crippen LogP contribution >= 0.6 is 0 Å². The molecule has 0 aromatic carbocycles. The Morgan fingerprint density at radius 2 is 2.06 bits per heavy atom. The van der Waals surface area contributed by atoms with Crippen molar-refractivity contribution in [3.63, 3.8) is 0 Å². The molecule has 1 heterocycles. The van der Waals surface area contributed by atoms with Gasteiger partial charge in [0.15, 0.2) is 0 Å². The number of pyridine rings is 1. The van der Waals surface area contributed by atoms with Crippen LogP contribution in [0.4, 0.5) is 0 Å². The molecule has 2 heteroatoms. The molecule has 0 aliphatic heterocycles. The summed E-state index contributed by atoms with van der Waals surface area (Å²) in [7, 11) is 0. The summed E-state index contributed by atoms with van der Waals surface area (Å²) in [4.78, 5) is 4.27. The first-order valence-electron chi connectivity index (χ1n) is 6.69. The lowest BCUT2D eigenvalue weighted by Gasteiger charge is -2.35. The van der Waals surface area contributed by atoms with Gasteiger partial charge >= 0.3 is 0 Å². The number of hydrogen-bond donors (Lipinski definition) is 1. The van der Waals surface area contributed by atoms with Gasteiger partial charge in [-0.3, -0.25) is 4.98 Å². The molecule has 4 atom stereocenters. The molecule has 1 aliphatic rings. The minimum atomic E-state index is -0.335. The van der Waals surface area contributed by atoms with Crippen molar-refractivity contribution in [2.24, 2.45) is 17.8 Å². The van der Waals surface area contributed by atoms with E-state index in [2.05, 4.69) is 18.8 Å². The van der Waals surface area contributed by atoms with Gasteiger partial charge in [-0.1, -0.05) is 26.3 Å². The van der Waals surface area contributed by atoms with E-state index in [9.17, 15) is 5.11 Å². The predicted molar refractivity (Wildman–Crippen MR) is 69.6 cm³/mol. The highest BCUT2D eigenvalue weighted by atomic mass is 16.3. The maximum atomic E-state index is 10.5. The minimum Gasteiger partial charge on any atom is -0.388 e. The van der Waals surface area contributed by atoms with Gasteiger partial charge in [0.2, 0.25) is 0 Å². The number of hydrogen-bond acceptors (Lipinski definition) is 2. The van der Waals surface area contributed by atoms with Crippen molar-refractivity contribution in [2.45, 2.75) is 46.1 Å². The molecule has 0 saturated heterocycles. The summed E-state index contributed by atoms with van der Waals surface area (Å²) in [5.74, 6) is 1.93. The molecule has 4 unspecified atom stereocenters. The largest absolute Gasteiger partial charge is 0.388 e. The zero-order valence-corrected chi connectivity index (χ0v) is 11.1. The van der Waals surface area contributed by atoms with Crippen LogP contribution in [0.25, 0.3) is 0 Å². The van der Waals surface area contributed by atoms with E-state index >= 15 is 0 Å². The molecule has 0 bridgehead atoms. The minimum absolute atomic E-state index is 0.335. The van der Waals surface area contributed by atoms with Crippen LogP contribution < -0.4 is 0 Å². The van der Waals surface area contributed by atoms with Crippen LogP contribution in [-0.2, 0) is 0 Å². The molecule has 1 aliphatic carbocycles. The fourth-order valence-electron chi connectivity index (χ4n) is 2.94. The standard InChI is InChI=1S/C15H23NO/c1-10-6-7-13(9-11(10)2)15(17)14-5-4-8-16-12(14)3/h4-5,8,10-11,13,15,17H,6-7,9H2,1-3H3. The van der Waals surface area contributed by atoms with Crippen LogP contribution in [0.3, 0.4) is 0 Å². The van der Waals surface area contributed by atoms with E-state index in [1.807, 2.05) is 19.1 Å². The number of aromatic nitrogens is 1. The number of rotatable bonds is 2. The molecule has 0 radical (unpaired) electrons. The third kappa shape index (κ3) is 2.68. The highest BCUT2D eigenvalue weighted by Gasteiger charge is 2.30. The van der Waals surface area contributed by atoms with E-state index in [1.54, 1.807) is 6.20 Å². The molecule has 1 aromatic heterocycles. The second kappa shape index (κ2) is 5.18.